The lowest BCUT2D eigenvalue weighted by atomic mass is 10.1. The highest BCUT2D eigenvalue weighted by Gasteiger charge is 2.10. The summed E-state index contributed by atoms with van der Waals surface area (Å²) in [6.45, 7) is 3.25. The molecule has 0 aliphatic carbocycles. The second-order valence-corrected chi connectivity index (χ2v) is 8.02. The van der Waals surface area contributed by atoms with Crippen LogP contribution in [-0.4, -0.2) is 39.6 Å². The molecule has 0 heterocycles. The van der Waals surface area contributed by atoms with Gasteiger partial charge < -0.3 is 10.2 Å². The monoisotopic (exact) mass is 374 g/mol. The van der Waals surface area contributed by atoms with Crippen LogP contribution in [-0.2, 0) is 23.1 Å². The van der Waals surface area contributed by atoms with Gasteiger partial charge in [0.2, 0.25) is 10.0 Å². The van der Waals surface area contributed by atoms with Gasteiger partial charge in [-0.05, 0) is 24.1 Å². The van der Waals surface area contributed by atoms with Crippen LogP contribution in [0.15, 0.2) is 53.5 Å². The molecule has 0 atom stereocenters. The molecular formula is C19H26N4O2S. The van der Waals surface area contributed by atoms with Crippen LogP contribution < -0.4 is 10.0 Å². The van der Waals surface area contributed by atoms with Crippen LogP contribution in [0.2, 0.25) is 0 Å². The van der Waals surface area contributed by atoms with Gasteiger partial charge in [-0.25, -0.2) is 8.42 Å². The van der Waals surface area contributed by atoms with Crippen molar-refractivity contribution in [3.05, 3.63) is 65.2 Å². The van der Waals surface area contributed by atoms with E-state index >= 15 is 0 Å². The van der Waals surface area contributed by atoms with Crippen molar-refractivity contribution in [3.63, 3.8) is 0 Å². The number of para-hydroxylation sites is 1. The first kappa shape index (κ1) is 19.8. The first-order valence-electron chi connectivity index (χ1n) is 8.31. The SMILES string of the molecule is CN=C(NCc1ccccc1NS(C)(=O)=O)N(C)Cc1ccc(C)cc1. The molecule has 2 aromatic carbocycles. The van der Waals surface area contributed by atoms with E-state index in [-0.39, 0.29) is 0 Å². The minimum absolute atomic E-state index is 0.462. The molecule has 26 heavy (non-hydrogen) atoms. The Morgan fingerprint density at radius 2 is 1.77 bits per heavy atom. The van der Waals surface area contributed by atoms with Crippen LogP contribution in [0.5, 0.6) is 0 Å². The van der Waals surface area contributed by atoms with Crippen molar-refractivity contribution in [1.29, 1.82) is 0 Å². The van der Waals surface area contributed by atoms with E-state index in [1.807, 2.05) is 24.1 Å². The molecule has 0 aliphatic rings. The highest BCUT2D eigenvalue weighted by Crippen LogP contribution is 2.16. The van der Waals surface area contributed by atoms with Gasteiger partial charge in [0, 0.05) is 27.2 Å². The molecule has 6 nitrogen and oxygen atoms in total. The van der Waals surface area contributed by atoms with Crippen molar-refractivity contribution in [1.82, 2.24) is 10.2 Å². The average Bonchev–Trinajstić information content (AvgIpc) is 2.57. The van der Waals surface area contributed by atoms with Crippen molar-refractivity contribution in [3.8, 4) is 0 Å². The van der Waals surface area contributed by atoms with E-state index in [9.17, 15) is 8.42 Å². The molecule has 0 spiro atoms. The van der Waals surface area contributed by atoms with E-state index in [1.165, 1.54) is 11.1 Å². The van der Waals surface area contributed by atoms with Crippen molar-refractivity contribution >= 4 is 21.7 Å². The molecule has 0 aromatic heterocycles. The lowest BCUT2D eigenvalue weighted by Gasteiger charge is -2.23. The van der Waals surface area contributed by atoms with Gasteiger partial charge in [0.15, 0.2) is 5.96 Å². The third-order valence-electron chi connectivity index (χ3n) is 3.86. The predicted molar refractivity (Wildman–Crippen MR) is 108 cm³/mol. The first-order chi connectivity index (χ1) is 12.3. The lowest BCUT2D eigenvalue weighted by Crippen LogP contribution is -2.38. The molecule has 7 heteroatoms. The maximum atomic E-state index is 11.5. The van der Waals surface area contributed by atoms with Gasteiger partial charge in [-0.2, -0.15) is 0 Å². The Morgan fingerprint density at radius 1 is 1.12 bits per heavy atom. The third kappa shape index (κ3) is 6.07. The molecule has 0 saturated heterocycles. The Balaban J connectivity index is 2.04. The van der Waals surface area contributed by atoms with Gasteiger partial charge in [-0.15, -0.1) is 0 Å². The minimum atomic E-state index is -3.32. The number of nitrogens with one attached hydrogen (secondary N) is 2. The Kier molecular flexibility index (Phi) is 6.63. The molecule has 0 bridgehead atoms. The van der Waals surface area contributed by atoms with Gasteiger partial charge >= 0.3 is 0 Å². The number of hydrogen-bond donors (Lipinski definition) is 2. The smallest absolute Gasteiger partial charge is 0.229 e. The summed E-state index contributed by atoms with van der Waals surface area (Å²) in [6.07, 6.45) is 1.14. The number of aryl methyl sites for hydroxylation is 1. The fourth-order valence-corrected chi connectivity index (χ4v) is 3.17. The summed E-state index contributed by atoms with van der Waals surface area (Å²) in [4.78, 5) is 6.34. The summed E-state index contributed by atoms with van der Waals surface area (Å²) in [5, 5.41) is 3.28. The number of rotatable bonds is 6. The van der Waals surface area contributed by atoms with Gasteiger partial charge in [0.05, 0.1) is 11.9 Å². The molecular weight excluding hydrogens is 348 g/mol. The lowest BCUT2D eigenvalue weighted by molar-refractivity contribution is 0.476. The number of nitrogens with zero attached hydrogens (tertiary/aromatic N) is 2. The van der Waals surface area contributed by atoms with E-state index in [4.69, 9.17) is 0 Å². The Hall–Kier alpha value is -2.54. The molecule has 2 rings (SSSR count). The quantitative estimate of drug-likeness (QED) is 0.602. The zero-order valence-electron chi connectivity index (χ0n) is 15.7. The highest BCUT2D eigenvalue weighted by molar-refractivity contribution is 7.92. The summed E-state index contributed by atoms with van der Waals surface area (Å²) >= 11 is 0. The minimum Gasteiger partial charge on any atom is -0.352 e. The van der Waals surface area contributed by atoms with E-state index in [0.717, 1.165) is 24.3 Å². The largest absolute Gasteiger partial charge is 0.352 e. The van der Waals surface area contributed by atoms with Gasteiger partial charge in [-0.3, -0.25) is 9.71 Å². The molecule has 0 unspecified atom stereocenters. The van der Waals surface area contributed by atoms with Crippen LogP contribution in [0.3, 0.4) is 0 Å². The Morgan fingerprint density at radius 3 is 2.38 bits per heavy atom. The number of hydrogen-bond acceptors (Lipinski definition) is 3. The second-order valence-electron chi connectivity index (χ2n) is 6.27. The summed E-state index contributed by atoms with van der Waals surface area (Å²) in [7, 11) is 0.376. The summed E-state index contributed by atoms with van der Waals surface area (Å²) in [5.74, 6) is 0.736. The molecule has 0 fully saturated rings. The second kappa shape index (κ2) is 8.71. The van der Waals surface area contributed by atoms with Gasteiger partial charge in [-0.1, -0.05) is 48.0 Å². The van der Waals surface area contributed by atoms with Crippen LogP contribution in [0, 0.1) is 6.92 Å². The number of sulfonamides is 1. The fraction of sp³-hybridized carbons (Fsp3) is 0.316. The van der Waals surface area contributed by atoms with Gasteiger partial charge in [0.25, 0.3) is 0 Å². The van der Waals surface area contributed by atoms with Crippen molar-refractivity contribution in [2.45, 2.75) is 20.0 Å². The third-order valence-corrected chi connectivity index (χ3v) is 4.45. The number of benzene rings is 2. The van der Waals surface area contributed by atoms with Gasteiger partial charge in [0.1, 0.15) is 0 Å². The highest BCUT2D eigenvalue weighted by atomic mass is 32.2. The predicted octanol–water partition coefficient (Wildman–Crippen LogP) is 2.57. The zero-order chi connectivity index (χ0) is 19.2. The van der Waals surface area contributed by atoms with Crippen LogP contribution in [0.1, 0.15) is 16.7 Å². The maximum Gasteiger partial charge on any atom is 0.229 e. The first-order valence-corrected chi connectivity index (χ1v) is 10.2. The van der Waals surface area contributed by atoms with E-state index in [0.29, 0.717) is 12.2 Å². The Bertz CT molecular complexity index is 861. The van der Waals surface area contributed by atoms with Crippen molar-refractivity contribution in [2.75, 3.05) is 25.1 Å². The van der Waals surface area contributed by atoms with E-state index in [2.05, 4.69) is 46.2 Å². The Labute approximate surface area is 156 Å². The number of anilines is 1. The number of guanidine groups is 1. The summed E-state index contributed by atoms with van der Waals surface area (Å²) in [5.41, 5.74) is 3.84. The van der Waals surface area contributed by atoms with E-state index < -0.39 is 10.0 Å². The molecule has 0 aliphatic heterocycles. The fourth-order valence-electron chi connectivity index (χ4n) is 2.58. The normalized spacial score (nSPS) is 11.9. The van der Waals surface area contributed by atoms with Crippen LogP contribution in [0.25, 0.3) is 0 Å². The molecule has 0 radical (unpaired) electrons. The average molecular weight is 375 g/mol. The zero-order valence-corrected chi connectivity index (χ0v) is 16.5. The molecule has 140 valence electrons. The molecule has 0 amide bonds. The molecule has 0 saturated carbocycles. The molecule has 2 N–H and O–H groups in total. The molecule has 2 aromatic rings. The van der Waals surface area contributed by atoms with E-state index in [1.54, 1.807) is 19.2 Å². The summed E-state index contributed by atoms with van der Waals surface area (Å²) in [6, 6.07) is 15.7. The van der Waals surface area contributed by atoms with Crippen LogP contribution in [0.4, 0.5) is 5.69 Å². The topological polar surface area (TPSA) is 73.8 Å². The number of aliphatic imine (C=N–C) groups is 1. The van der Waals surface area contributed by atoms with Crippen molar-refractivity contribution < 1.29 is 8.42 Å². The summed E-state index contributed by atoms with van der Waals surface area (Å²) < 4.78 is 25.6. The van der Waals surface area contributed by atoms with Crippen molar-refractivity contribution in [2.24, 2.45) is 4.99 Å². The van der Waals surface area contributed by atoms with Crippen LogP contribution >= 0.6 is 0 Å². The maximum absolute atomic E-state index is 11.5. The standard InChI is InChI=1S/C19H26N4O2S/c1-15-9-11-16(12-10-15)14-23(3)19(20-2)21-13-17-7-5-6-8-18(17)22-26(4,24)25/h5-12,22H,13-14H2,1-4H3,(H,20,21).